The number of pyridine rings is 2. The van der Waals surface area contributed by atoms with Crippen molar-refractivity contribution >= 4 is 112 Å². The van der Waals surface area contributed by atoms with Gasteiger partial charge in [0.2, 0.25) is 47.3 Å². The van der Waals surface area contributed by atoms with Crippen LogP contribution in [0.25, 0.3) is 21.8 Å². The molecule has 3 saturated heterocycles. The van der Waals surface area contributed by atoms with Crippen LogP contribution in [0.3, 0.4) is 0 Å². The van der Waals surface area contributed by atoms with Crippen molar-refractivity contribution in [2.24, 2.45) is 0 Å². The highest BCUT2D eigenvalue weighted by Gasteiger charge is 2.48. The molecule has 0 spiro atoms. The molecule has 48 heteroatoms. The van der Waals surface area contributed by atoms with Gasteiger partial charge in [-0.15, -0.1) is 0 Å². The quantitative estimate of drug-likeness (QED) is 0.0145. The van der Waals surface area contributed by atoms with Crippen LogP contribution in [0.2, 0.25) is 0 Å². The molecule has 4 aromatic rings. The number of aliphatic carboxylic acids is 3. The molecule has 2 aromatic carbocycles. The third kappa shape index (κ3) is 38.8. The summed E-state index contributed by atoms with van der Waals surface area (Å²) in [5.74, 6) is -17.3. The van der Waals surface area contributed by atoms with Crippen LogP contribution in [0.4, 0.5) is 17.6 Å². The van der Waals surface area contributed by atoms with Gasteiger partial charge in [0.15, 0.2) is 0 Å². The summed E-state index contributed by atoms with van der Waals surface area (Å²) >= 11 is 0. The van der Waals surface area contributed by atoms with E-state index in [1.165, 1.54) is 30.6 Å². The van der Waals surface area contributed by atoms with Crippen molar-refractivity contribution in [3.05, 3.63) is 72.1 Å². The number of carboxylic acids is 3. The van der Waals surface area contributed by atoms with E-state index in [1.807, 2.05) is 14.7 Å². The van der Waals surface area contributed by atoms with Crippen LogP contribution in [0, 0.1) is 22.7 Å². The van der Waals surface area contributed by atoms with Crippen molar-refractivity contribution in [1.82, 2.24) is 81.9 Å². The molecule has 0 unspecified atom stereocenters. The molecule has 11 N–H and O–H groups in total. The van der Waals surface area contributed by atoms with E-state index < -0.39 is 178 Å². The number of carboxylic acid groups (broad SMARTS) is 3. The predicted molar refractivity (Wildman–Crippen MR) is 452 cm³/mol. The van der Waals surface area contributed by atoms with Gasteiger partial charge in [0.1, 0.15) is 55.2 Å². The molecule has 722 valence electrons. The molecular weight excluding hydrogens is 1750 g/mol. The summed E-state index contributed by atoms with van der Waals surface area (Å²) in [4.78, 5) is 208. The van der Waals surface area contributed by atoms with Crippen LogP contribution < -0.4 is 52.0 Å². The molecule has 2 aromatic heterocycles. The fraction of sp³-hybridized carbons (Fsp3) is 0.583. The minimum absolute atomic E-state index is 0.00203. The number of fused-ring (bicyclic) bond motifs is 2. The van der Waals surface area contributed by atoms with Gasteiger partial charge in [0.05, 0.1) is 140 Å². The molecule has 7 rings (SSSR count). The number of likely N-dealkylation sites (tertiary alicyclic amines) is 2. The fourth-order valence-corrected chi connectivity index (χ4v) is 13.9. The third-order valence-corrected chi connectivity index (χ3v) is 20.9. The zero-order chi connectivity index (χ0) is 95.8. The second-order valence-corrected chi connectivity index (χ2v) is 30.8. The van der Waals surface area contributed by atoms with E-state index in [9.17, 15) is 115 Å². The number of nitrogens with one attached hydrogen (secondary N) is 8. The highest BCUT2D eigenvalue weighted by Crippen LogP contribution is 2.34. The highest BCUT2D eigenvalue weighted by molar-refractivity contribution is 6.08. The number of alkyl halides is 4. The summed E-state index contributed by atoms with van der Waals surface area (Å²) in [6.45, 7) is 1.49. The number of carbonyl (C=O) groups excluding carboxylic acids is 12. The number of nitriles is 2. The molecule has 5 heterocycles. The largest absolute Gasteiger partial charge is 0.494 e. The topological polar surface area (TPSA) is 580 Å². The lowest BCUT2D eigenvalue weighted by atomic mass is 10.1. The zero-order valence-corrected chi connectivity index (χ0v) is 72.7. The maximum absolute atomic E-state index is 14.0. The smallest absolute Gasteiger partial charge is 0.326 e. The molecule has 0 aliphatic carbocycles. The Hall–Kier alpha value is -12.7. The van der Waals surface area contributed by atoms with E-state index in [0.717, 1.165) is 9.80 Å². The molecule has 3 aliphatic rings. The number of benzene rings is 2. The molecule has 3 fully saturated rings. The zero-order valence-electron chi connectivity index (χ0n) is 72.7. The summed E-state index contributed by atoms with van der Waals surface area (Å²) in [7, 11) is 0. The van der Waals surface area contributed by atoms with Gasteiger partial charge in [-0.05, 0) is 93.5 Å². The third-order valence-electron chi connectivity index (χ3n) is 20.9. The summed E-state index contributed by atoms with van der Waals surface area (Å²) < 4.78 is 99.8. The van der Waals surface area contributed by atoms with Crippen LogP contribution in [-0.4, -0.2) is 377 Å². The Bertz CT molecular complexity index is 4630. The first-order valence-electron chi connectivity index (χ1n) is 42.8. The molecule has 44 nitrogen and oxygen atoms in total. The van der Waals surface area contributed by atoms with E-state index in [0.29, 0.717) is 124 Å². The molecule has 0 radical (unpaired) electrons. The average Bonchev–Trinajstić information content (AvgIpc) is 1.20. The first-order chi connectivity index (χ1) is 63.4. The Morgan fingerprint density at radius 1 is 0.455 bits per heavy atom. The highest BCUT2D eigenvalue weighted by atomic mass is 19.3. The standard InChI is InChI=1S/C84H112F4N18O26/c85-83(86)43-57(45-89)105(51-83)75(114)47-96-78(118)61-15-20-91-65-7-5-59(41-63(61)65)131-31-3-1-18-93-70(109)12-10-68(81(121)122)99-72(111)14-9-67(80(120)100-69(82(123)124)11-13-71(110)94-19-2-4-32-132-60-6-8-66-64(42-60)62(16-21-92-66)79(119)97-48-76(115)106-52-84(87,88)44-58(106)46-90)98-73(112)17-33-125-35-37-127-39-40-128-38-36-126-34-22-95-74(113)49-101-23-24-102(50-77(116)117)26-28-104(54-130-56-108)30-29-103(27-25-101)53-129-55-107/h5-8,15-16,20-21,41-42,55-58,67-69H,1-4,9-14,17-19,22-40,43-44,47-54H2,(H,93,109)(H,94,110)(H,95,113)(H,96,118)(H,97,119)(H,98,112)(H,99,111)(H,100,120)(H,116,117)(H,121,122)(H,123,124)/t57-,58+,67-,68+,69+/m0/s1. The van der Waals surface area contributed by atoms with Crippen molar-refractivity contribution < 1.29 is 143 Å². The number of rotatable bonds is 58. The normalized spacial score (nSPS) is 16.7. The maximum atomic E-state index is 14.0. The van der Waals surface area contributed by atoms with Gasteiger partial charge in [-0.25, -0.2) is 27.2 Å². The molecular formula is C84H112F4N18O26. The van der Waals surface area contributed by atoms with Crippen molar-refractivity contribution in [3.63, 3.8) is 0 Å². The lowest BCUT2D eigenvalue weighted by Gasteiger charge is -2.33. The van der Waals surface area contributed by atoms with E-state index in [4.69, 9.17) is 37.9 Å². The fourth-order valence-electron chi connectivity index (χ4n) is 13.9. The molecule has 3 aliphatic heterocycles. The molecule has 5 atom stereocenters. The summed E-state index contributed by atoms with van der Waals surface area (Å²) in [5.41, 5.74) is 0.982. The van der Waals surface area contributed by atoms with E-state index in [2.05, 4.69) is 52.5 Å². The lowest BCUT2D eigenvalue weighted by Crippen LogP contribution is -2.52. The second kappa shape index (κ2) is 56.8. The van der Waals surface area contributed by atoms with Crippen LogP contribution in [0.5, 0.6) is 11.5 Å². The number of hydrogen-bond acceptors (Lipinski definition) is 31. The summed E-state index contributed by atoms with van der Waals surface area (Å²) in [6.07, 6.45) is -0.462. The number of nitrogens with zero attached hydrogens (tertiary/aromatic N) is 10. The van der Waals surface area contributed by atoms with Gasteiger partial charge < -0.3 is 106 Å². The van der Waals surface area contributed by atoms with Crippen LogP contribution in [0.15, 0.2) is 60.9 Å². The summed E-state index contributed by atoms with van der Waals surface area (Å²) in [5, 5.41) is 69.1. The van der Waals surface area contributed by atoms with Crippen molar-refractivity contribution in [2.75, 3.05) is 191 Å². The number of amides is 10. The summed E-state index contributed by atoms with van der Waals surface area (Å²) in [6, 6.07) is 7.97. The van der Waals surface area contributed by atoms with E-state index in [-0.39, 0.29) is 149 Å². The molecule has 0 saturated carbocycles. The Morgan fingerprint density at radius 3 is 1.29 bits per heavy atom. The monoisotopic (exact) mass is 1860 g/mol. The Labute approximate surface area is 755 Å². The number of aromatic nitrogens is 2. The van der Waals surface area contributed by atoms with E-state index in [1.54, 1.807) is 47.4 Å². The van der Waals surface area contributed by atoms with Gasteiger partial charge in [0.25, 0.3) is 36.6 Å². The van der Waals surface area contributed by atoms with Crippen LogP contribution in [0.1, 0.15) is 104 Å². The lowest BCUT2D eigenvalue weighted by molar-refractivity contribution is -0.143. The molecule has 10 amide bonds. The first kappa shape index (κ1) is 106. The maximum Gasteiger partial charge on any atom is 0.326 e. The molecule has 132 heavy (non-hydrogen) atoms. The van der Waals surface area contributed by atoms with Crippen LogP contribution >= 0.6 is 0 Å². The second-order valence-electron chi connectivity index (χ2n) is 30.8. The van der Waals surface area contributed by atoms with E-state index >= 15 is 0 Å². The van der Waals surface area contributed by atoms with Crippen molar-refractivity contribution in [1.29, 1.82) is 10.5 Å². The van der Waals surface area contributed by atoms with Gasteiger partial charge >= 0.3 is 17.9 Å². The first-order valence-corrected chi connectivity index (χ1v) is 42.8. The van der Waals surface area contributed by atoms with Gasteiger partial charge in [-0.3, -0.25) is 91.9 Å². The SMILES string of the molecule is N#C[C@@H]1CC(F)(F)CN1C(=O)CNC(=O)c1ccnc2ccc(OCCCCNC(=O)CC[C@@H](NC(=O)CC[C@H](NC(=O)CCOCCOCCOCCOCCNC(=O)CN3CCN(COC=O)CCN(COC=O)CCN(CC(=O)O)CC3)C(=O)N[C@H](CCC(=O)NCCCCOc3ccc4nccc(C(=O)NCC(=O)N5CC(F)(F)C[C@@H]5C#N)c4c3)C(=O)O)C(=O)O)cc12. The molecule has 0 bridgehead atoms. The predicted octanol–water partition coefficient (Wildman–Crippen LogP) is -0.883. The minimum atomic E-state index is -3.25. The Morgan fingerprint density at radius 2 is 0.848 bits per heavy atom. The number of carbonyl (C=O) groups is 15. The number of ether oxygens (including phenoxy) is 8. The Kier molecular flexibility index (Phi) is 45.7. The number of halogens is 4. The van der Waals surface area contributed by atoms with Gasteiger partial charge in [-0.1, -0.05) is 0 Å². The van der Waals surface area contributed by atoms with Crippen molar-refractivity contribution in [2.45, 2.75) is 126 Å². The number of hydrogen-bond donors (Lipinski definition) is 11. The van der Waals surface area contributed by atoms with Crippen LogP contribution in [-0.2, 0) is 90.8 Å². The number of unbranched alkanes of at least 4 members (excludes halogenated alkanes) is 2. The van der Waals surface area contributed by atoms with Crippen molar-refractivity contribution in [3.8, 4) is 23.6 Å². The van der Waals surface area contributed by atoms with Gasteiger partial charge in [-0.2, -0.15) is 10.5 Å². The van der Waals surface area contributed by atoms with Gasteiger partial charge in [0, 0.05) is 134 Å². The minimum Gasteiger partial charge on any atom is -0.494 e. The average molecular weight is 1870 g/mol. The Balaban J connectivity index is 0.819.